The molecule has 2 N–H and O–H groups in total. The standard InChI is InChI=1S/C19H23FN4O2/c1-19(2,3)15(9-25)22-18(26)16-12-7-10-6-11(10)17(12)24(23-16)14-4-5-21-8-13(14)20/h4-5,8,10-11,15,25H,6-7,9H2,1-3H3,(H,22,26)/t10-,11-,15-/m1/s1. The number of rotatable bonds is 4. The van der Waals surface area contributed by atoms with Gasteiger partial charge in [-0.1, -0.05) is 20.8 Å². The molecule has 1 fully saturated rings. The first-order chi connectivity index (χ1) is 12.3. The van der Waals surface area contributed by atoms with Crippen LogP contribution in [-0.4, -0.2) is 38.4 Å². The van der Waals surface area contributed by atoms with E-state index < -0.39 is 5.82 Å². The van der Waals surface area contributed by atoms with Crippen LogP contribution in [-0.2, 0) is 6.42 Å². The fourth-order valence-corrected chi connectivity index (χ4v) is 3.78. The topological polar surface area (TPSA) is 80.0 Å². The van der Waals surface area contributed by atoms with Crippen molar-refractivity contribution in [2.75, 3.05) is 6.61 Å². The minimum absolute atomic E-state index is 0.150. The Morgan fingerprint density at radius 1 is 1.50 bits per heavy atom. The Morgan fingerprint density at radius 2 is 2.27 bits per heavy atom. The van der Waals surface area contributed by atoms with Gasteiger partial charge in [0.15, 0.2) is 11.5 Å². The van der Waals surface area contributed by atoms with Gasteiger partial charge < -0.3 is 10.4 Å². The predicted molar refractivity (Wildman–Crippen MR) is 93.7 cm³/mol. The van der Waals surface area contributed by atoms with E-state index in [4.69, 9.17) is 0 Å². The highest BCUT2D eigenvalue weighted by atomic mass is 19.1. The third kappa shape index (κ3) is 2.70. The molecule has 138 valence electrons. The van der Waals surface area contributed by atoms with Gasteiger partial charge in [-0.05, 0) is 30.2 Å². The Bertz CT molecular complexity index is 871. The number of aromatic nitrogens is 3. The van der Waals surface area contributed by atoms with Crippen LogP contribution < -0.4 is 5.32 Å². The second kappa shape index (κ2) is 5.87. The smallest absolute Gasteiger partial charge is 0.272 e. The lowest BCUT2D eigenvalue weighted by Crippen LogP contribution is -2.46. The summed E-state index contributed by atoms with van der Waals surface area (Å²) in [5.41, 5.74) is 2.23. The van der Waals surface area contributed by atoms with Crippen molar-refractivity contribution >= 4 is 5.91 Å². The van der Waals surface area contributed by atoms with Crippen LogP contribution >= 0.6 is 0 Å². The van der Waals surface area contributed by atoms with Crippen molar-refractivity contribution in [2.24, 2.45) is 11.3 Å². The SMILES string of the molecule is CC(C)(C)[C@@H](CO)NC(=O)c1nn(-c2ccncc2F)c2c1C[C@H]1C[C@@H]21. The molecule has 2 aromatic heterocycles. The van der Waals surface area contributed by atoms with Crippen LogP contribution in [0.15, 0.2) is 18.5 Å². The zero-order valence-electron chi connectivity index (χ0n) is 15.2. The van der Waals surface area contributed by atoms with Gasteiger partial charge in [0, 0.05) is 17.7 Å². The molecule has 0 aromatic carbocycles. The lowest BCUT2D eigenvalue weighted by Gasteiger charge is -2.29. The molecule has 4 rings (SSSR count). The molecule has 0 radical (unpaired) electrons. The normalized spacial score (nSPS) is 21.9. The second-order valence-corrected chi connectivity index (χ2v) is 8.33. The molecule has 3 atom stereocenters. The number of carbonyl (C=O) groups excluding carboxylic acids is 1. The van der Waals surface area contributed by atoms with Crippen molar-refractivity contribution < 1.29 is 14.3 Å². The summed E-state index contributed by atoms with van der Waals surface area (Å²) < 4.78 is 15.8. The Kier molecular flexibility index (Phi) is 3.87. The van der Waals surface area contributed by atoms with Crippen LogP contribution in [0.1, 0.15) is 54.9 Å². The fraction of sp³-hybridized carbons (Fsp3) is 0.526. The third-order valence-corrected chi connectivity index (χ3v) is 5.49. The molecule has 26 heavy (non-hydrogen) atoms. The van der Waals surface area contributed by atoms with Gasteiger partial charge in [-0.25, -0.2) is 9.07 Å². The zero-order chi connectivity index (χ0) is 18.6. The molecule has 0 aliphatic heterocycles. The average Bonchev–Trinajstić information content (AvgIpc) is 3.08. The number of aliphatic hydroxyl groups excluding tert-OH is 1. The molecular weight excluding hydrogens is 335 g/mol. The van der Waals surface area contributed by atoms with Crippen molar-refractivity contribution in [1.29, 1.82) is 0 Å². The number of carbonyl (C=O) groups is 1. The Labute approximate surface area is 151 Å². The van der Waals surface area contributed by atoms with E-state index in [9.17, 15) is 14.3 Å². The van der Waals surface area contributed by atoms with Crippen molar-refractivity contribution in [1.82, 2.24) is 20.1 Å². The van der Waals surface area contributed by atoms with Crippen molar-refractivity contribution in [2.45, 2.75) is 45.6 Å². The van der Waals surface area contributed by atoms with Crippen LogP contribution in [0.25, 0.3) is 5.69 Å². The average molecular weight is 358 g/mol. The zero-order valence-corrected chi connectivity index (χ0v) is 15.2. The van der Waals surface area contributed by atoms with Crippen molar-refractivity contribution in [3.8, 4) is 5.69 Å². The fourth-order valence-electron chi connectivity index (χ4n) is 3.78. The van der Waals surface area contributed by atoms with Crippen molar-refractivity contribution in [3.63, 3.8) is 0 Å². The number of halogens is 1. The van der Waals surface area contributed by atoms with E-state index >= 15 is 0 Å². The molecule has 0 saturated heterocycles. The maximum absolute atomic E-state index is 14.3. The summed E-state index contributed by atoms with van der Waals surface area (Å²) >= 11 is 0. The van der Waals surface area contributed by atoms with Crippen LogP contribution in [0, 0.1) is 17.2 Å². The molecule has 1 saturated carbocycles. The molecule has 2 heterocycles. The summed E-state index contributed by atoms with van der Waals surface area (Å²) in [5.74, 6) is 0.103. The lowest BCUT2D eigenvalue weighted by molar-refractivity contribution is 0.0841. The molecule has 2 aliphatic rings. The van der Waals surface area contributed by atoms with E-state index in [2.05, 4.69) is 15.4 Å². The highest BCUT2D eigenvalue weighted by Crippen LogP contribution is 2.57. The molecule has 6 nitrogen and oxygen atoms in total. The van der Waals surface area contributed by atoms with Gasteiger partial charge in [-0.15, -0.1) is 0 Å². The number of pyridine rings is 1. The van der Waals surface area contributed by atoms with Gasteiger partial charge in [-0.3, -0.25) is 9.78 Å². The number of nitrogens with one attached hydrogen (secondary N) is 1. The lowest BCUT2D eigenvalue weighted by atomic mass is 9.87. The van der Waals surface area contributed by atoms with E-state index in [0.29, 0.717) is 23.2 Å². The van der Waals surface area contributed by atoms with E-state index in [-0.39, 0.29) is 24.0 Å². The molecule has 0 spiro atoms. The first kappa shape index (κ1) is 17.1. The Hall–Kier alpha value is -2.28. The van der Waals surface area contributed by atoms with Crippen LogP contribution in [0.2, 0.25) is 0 Å². The largest absolute Gasteiger partial charge is 0.394 e. The summed E-state index contributed by atoms with van der Waals surface area (Å²) in [5, 5.41) is 17.0. The highest BCUT2D eigenvalue weighted by molar-refractivity contribution is 5.94. The maximum Gasteiger partial charge on any atom is 0.272 e. The van der Waals surface area contributed by atoms with E-state index in [1.165, 1.54) is 6.20 Å². The minimum atomic E-state index is -0.461. The van der Waals surface area contributed by atoms with Gasteiger partial charge in [0.25, 0.3) is 5.91 Å². The maximum atomic E-state index is 14.3. The number of nitrogens with zero attached hydrogens (tertiary/aromatic N) is 3. The third-order valence-electron chi connectivity index (χ3n) is 5.49. The van der Waals surface area contributed by atoms with E-state index in [0.717, 1.165) is 30.3 Å². The summed E-state index contributed by atoms with van der Waals surface area (Å²) in [4.78, 5) is 16.7. The molecule has 0 unspecified atom stereocenters. The number of fused-ring (bicyclic) bond motifs is 3. The van der Waals surface area contributed by atoms with Gasteiger partial charge in [0.05, 0.1) is 24.5 Å². The van der Waals surface area contributed by atoms with Crippen molar-refractivity contribution in [3.05, 3.63) is 41.2 Å². The van der Waals surface area contributed by atoms with E-state index in [1.54, 1.807) is 10.7 Å². The minimum Gasteiger partial charge on any atom is -0.394 e. The van der Waals surface area contributed by atoms with Crippen LogP contribution in [0.5, 0.6) is 0 Å². The number of hydrogen-bond acceptors (Lipinski definition) is 4. The molecule has 2 aliphatic carbocycles. The van der Waals surface area contributed by atoms with Gasteiger partial charge in [0.2, 0.25) is 0 Å². The molecule has 0 bridgehead atoms. The summed E-state index contributed by atoms with van der Waals surface area (Å²) in [7, 11) is 0. The summed E-state index contributed by atoms with van der Waals surface area (Å²) in [6.07, 6.45) is 4.54. The number of hydrogen-bond donors (Lipinski definition) is 2. The predicted octanol–water partition coefficient (Wildman–Crippen LogP) is 2.20. The Morgan fingerprint density at radius 3 is 2.92 bits per heavy atom. The van der Waals surface area contributed by atoms with Gasteiger partial charge in [-0.2, -0.15) is 5.10 Å². The molecule has 7 heteroatoms. The summed E-state index contributed by atoms with van der Waals surface area (Å²) in [6, 6.07) is 1.19. The molecule has 1 amide bonds. The second-order valence-electron chi connectivity index (χ2n) is 8.33. The van der Waals surface area contributed by atoms with Crippen LogP contribution in [0.3, 0.4) is 0 Å². The molecule has 2 aromatic rings. The van der Waals surface area contributed by atoms with E-state index in [1.807, 2.05) is 20.8 Å². The highest BCUT2D eigenvalue weighted by Gasteiger charge is 2.50. The van der Waals surface area contributed by atoms with Gasteiger partial charge in [0.1, 0.15) is 5.69 Å². The first-order valence-corrected chi connectivity index (χ1v) is 8.94. The quantitative estimate of drug-likeness (QED) is 0.878. The first-order valence-electron chi connectivity index (χ1n) is 8.94. The van der Waals surface area contributed by atoms with Crippen LogP contribution in [0.4, 0.5) is 4.39 Å². The summed E-state index contributed by atoms with van der Waals surface area (Å²) in [6.45, 7) is 5.72. The number of aliphatic hydroxyl groups is 1. The Balaban J connectivity index is 1.73. The van der Waals surface area contributed by atoms with Gasteiger partial charge >= 0.3 is 0 Å². The number of amides is 1. The molecular formula is C19H23FN4O2. The monoisotopic (exact) mass is 358 g/mol.